The van der Waals surface area contributed by atoms with Gasteiger partial charge in [-0.25, -0.2) is 0 Å². The maximum Gasteiger partial charge on any atom is 0.157 e. The zero-order valence-electron chi connectivity index (χ0n) is 8.43. The molecule has 0 aromatic carbocycles. The Bertz CT molecular complexity index is 115. The van der Waals surface area contributed by atoms with E-state index in [2.05, 4.69) is 6.58 Å². The molecule has 0 aliphatic rings. The third-order valence-electron chi connectivity index (χ3n) is 1.51. The number of allylic oxidation sites excluding steroid dienone is 1. The first-order valence-electron chi connectivity index (χ1n) is 4.58. The van der Waals surface area contributed by atoms with E-state index < -0.39 is 0 Å². The molecule has 0 unspecified atom stereocenters. The van der Waals surface area contributed by atoms with Crippen LogP contribution < -0.4 is 0 Å². The summed E-state index contributed by atoms with van der Waals surface area (Å²) in [6.07, 6.45) is 1.85. The Kier molecular flexibility index (Phi) is 7.11. The van der Waals surface area contributed by atoms with Crippen molar-refractivity contribution in [2.45, 2.75) is 39.9 Å². The van der Waals surface area contributed by atoms with E-state index in [1.807, 2.05) is 20.8 Å². The van der Waals surface area contributed by atoms with Gasteiger partial charge in [0.15, 0.2) is 6.29 Å². The lowest BCUT2D eigenvalue weighted by Gasteiger charge is -2.16. The normalized spacial score (nSPS) is 10.7. The van der Waals surface area contributed by atoms with E-state index in [1.54, 1.807) is 0 Å². The average molecular weight is 172 g/mol. The Balaban J connectivity index is 3.54. The van der Waals surface area contributed by atoms with E-state index in [-0.39, 0.29) is 6.29 Å². The summed E-state index contributed by atoms with van der Waals surface area (Å²) in [4.78, 5) is 0. The van der Waals surface area contributed by atoms with Crippen molar-refractivity contribution in [2.75, 3.05) is 13.2 Å². The van der Waals surface area contributed by atoms with Crippen LogP contribution in [-0.2, 0) is 9.47 Å². The zero-order chi connectivity index (χ0) is 9.40. The Morgan fingerprint density at radius 2 is 1.75 bits per heavy atom. The van der Waals surface area contributed by atoms with Gasteiger partial charge in [-0.1, -0.05) is 5.57 Å². The highest BCUT2D eigenvalue weighted by Crippen LogP contribution is 2.08. The van der Waals surface area contributed by atoms with Gasteiger partial charge in [-0.15, -0.1) is 6.58 Å². The van der Waals surface area contributed by atoms with Crippen LogP contribution in [0.25, 0.3) is 0 Å². The van der Waals surface area contributed by atoms with Crippen LogP contribution in [0.15, 0.2) is 12.2 Å². The van der Waals surface area contributed by atoms with Crippen LogP contribution in [0, 0.1) is 0 Å². The van der Waals surface area contributed by atoms with Gasteiger partial charge < -0.3 is 9.47 Å². The minimum atomic E-state index is -0.0447. The Hall–Kier alpha value is -0.340. The first kappa shape index (κ1) is 11.7. The smallest absolute Gasteiger partial charge is 0.157 e. The minimum Gasteiger partial charge on any atom is -0.353 e. The standard InChI is InChI=1S/C10H20O2/c1-5-11-10(12-6-2)8-7-9(3)4/h10H,3,5-8H2,1-2,4H3. The molecule has 72 valence electrons. The molecule has 0 fully saturated rings. The van der Waals surface area contributed by atoms with E-state index in [0.29, 0.717) is 13.2 Å². The molecule has 0 radical (unpaired) electrons. The lowest BCUT2D eigenvalue weighted by atomic mass is 10.2. The quantitative estimate of drug-likeness (QED) is 0.434. The average Bonchev–Trinajstić information content (AvgIpc) is 2.01. The fraction of sp³-hybridized carbons (Fsp3) is 0.800. The highest BCUT2D eigenvalue weighted by atomic mass is 16.7. The highest BCUT2D eigenvalue weighted by Gasteiger charge is 2.06. The van der Waals surface area contributed by atoms with Crippen LogP contribution in [-0.4, -0.2) is 19.5 Å². The summed E-state index contributed by atoms with van der Waals surface area (Å²) in [5.74, 6) is 0. The molecule has 2 heteroatoms. The molecule has 2 nitrogen and oxygen atoms in total. The van der Waals surface area contributed by atoms with Crippen molar-refractivity contribution in [1.82, 2.24) is 0 Å². The second kappa shape index (κ2) is 7.32. The van der Waals surface area contributed by atoms with Gasteiger partial charge in [0.05, 0.1) is 0 Å². The van der Waals surface area contributed by atoms with E-state index >= 15 is 0 Å². The van der Waals surface area contributed by atoms with Crippen molar-refractivity contribution in [3.8, 4) is 0 Å². The van der Waals surface area contributed by atoms with Crippen molar-refractivity contribution in [3.05, 3.63) is 12.2 Å². The summed E-state index contributed by atoms with van der Waals surface area (Å²) in [6, 6.07) is 0. The first-order valence-corrected chi connectivity index (χ1v) is 4.58. The number of hydrogen-bond donors (Lipinski definition) is 0. The van der Waals surface area contributed by atoms with Gasteiger partial charge in [-0.2, -0.15) is 0 Å². The second-order valence-corrected chi connectivity index (χ2v) is 2.84. The largest absolute Gasteiger partial charge is 0.353 e. The van der Waals surface area contributed by atoms with Crippen molar-refractivity contribution in [1.29, 1.82) is 0 Å². The number of hydrogen-bond acceptors (Lipinski definition) is 2. The van der Waals surface area contributed by atoms with Gasteiger partial charge >= 0.3 is 0 Å². The van der Waals surface area contributed by atoms with Crippen LogP contribution in [0.4, 0.5) is 0 Å². The Labute approximate surface area is 75.6 Å². The summed E-state index contributed by atoms with van der Waals surface area (Å²) in [6.45, 7) is 11.2. The summed E-state index contributed by atoms with van der Waals surface area (Å²) < 4.78 is 10.7. The molecular formula is C10H20O2. The summed E-state index contributed by atoms with van der Waals surface area (Å²) in [7, 11) is 0. The monoisotopic (exact) mass is 172 g/mol. The SMILES string of the molecule is C=C(C)CCC(OCC)OCC. The molecule has 0 spiro atoms. The third kappa shape index (κ3) is 6.38. The summed E-state index contributed by atoms with van der Waals surface area (Å²) in [5.41, 5.74) is 1.18. The van der Waals surface area contributed by atoms with E-state index in [9.17, 15) is 0 Å². The Morgan fingerprint density at radius 1 is 1.25 bits per heavy atom. The third-order valence-corrected chi connectivity index (χ3v) is 1.51. The fourth-order valence-corrected chi connectivity index (χ4v) is 0.951. The topological polar surface area (TPSA) is 18.5 Å². The molecule has 0 saturated carbocycles. The van der Waals surface area contributed by atoms with Crippen LogP contribution in [0.5, 0.6) is 0 Å². The van der Waals surface area contributed by atoms with Gasteiger partial charge in [0.1, 0.15) is 0 Å². The number of rotatable bonds is 7. The predicted molar refractivity (Wildman–Crippen MR) is 51.1 cm³/mol. The molecule has 0 rings (SSSR count). The van der Waals surface area contributed by atoms with Crippen LogP contribution >= 0.6 is 0 Å². The molecule has 0 aromatic heterocycles. The van der Waals surface area contributed by atoms with Gasteiger partial charge in [0, 0.05) is 19.6 Å². The van der Waals surface area contributed by atoms with Crippen molar-refractivity contribution >= 4 is 0 Å². The van der Waals surface area contributed by atoms with Crippen molar-refractivity contribution in [3.63, 3.8) is 0 Å². The van der Waals surface area contributed by atoms with Crippen LogP contribution in [0.2, 0.25) is 0 Å². The molecule has 0 N–H and O–H groups in total. The molecule has 0 atom stereocenters. The van der Waals surface area contributed by atoms with Gasteiger partial charge in [-0.3, -0.25) is 0 Å². The molecular weight excluding hydrogens is 152 g/mol. The molecule has 0 aliphatic carbocycles. The lowest BCUT2D eigenvalue weighted by Crippen LogP contribution is -2.17. The predicted octanol–water partition coefficient (Wildman–Crippen LogP) is 2.74. The number of ether oxygens (including phenoxy) is 2. The van der Waals surface area contributed by atoms with E-state index in [1.165, 1.54) is 5.57 Å². The molecule has 0 bridgehead atoms. The molecule has 0 saturated heterocycles. The lowest BCUT2D eigenvalue weighted by molar-refractivity contribution is -0.139. The molecule has 0 amide bonds. The molecule has 0 heterocycles. The maximum atomic E-state index is 5.37. The summed E-state index contributed by atoms with van der Waals surface area (Å²) in [5, 5.41) is 0. The first-order chi connectivity index (χ1) is 5.70. The van der Waals surface area contributed by atoms with Crippen LogP contribution in [0.3, 0.4) is 0 Å². The molecule has 12 heavy (non-hydrogen) atoms. The van der Waals surface area contributed by atoms with E-state index in [0.717, 1.165) is 12.8 Å². The molecule has 0 aliphatic heterocycles. The minimum absolute atomic E-state index is 0.0447. The van der Waals surface area contributed by atoms with Gasteiger partial charge in [0.2, 0.25) is 0 Å². The second-order valence-electron chi connectivity index (χ2n) is 2.84. The van der Waals surface area contributed by atoms with Crippen LogP contribution in [0.1, 0.15) is 33.6 Å². The zero-order valence-corrected chi connectivity index (χ0v) is 8.43. The van der Waals surface area contributed by atoms with Crippen molar-refractivity contribution < 1.29 is 9.47 Å². The van der Waals surface area contributed by atoms with E-state index in [4.69, 9.17) is 9.47 Å². The highest BCUT2D eigenvalue weighted by molar-refractivity contribution is 4.87. The fourth-order valence-electron chi connectivity index (χ4n) is 0.951. The Morgan fingerprint density at radius 3 is 2.08 bits per heavy atom. The maximum absolute atomic E-state index is 5.37. The molecule has 0 aromatic rings. The summed E-state index contributed by atoms with van der Waals surface area (Å²) >= 11 is 0. The van der Waals surface area contributed by atoms with Crippen molar-refractivity contribution in [2.24, 2.45) is 0 Å². The van der Waals surface area contributed by atoms with Gasteiger partial charge in [-0.05, 0) is 27.2 Å². The van der Waals surface area contributed by atoms with Gasteiger partial charge in [0.25, 0.3) is 0 Å².